The van der Waals surface area contributed by atoms with Crippen LogP contribution in [0.2, 0.25) is 0 Å². The molecule has 0 amide bonds. The van der Waals surface area contributed by atoms with Crippen LogP contribution in [0, 0.1) is 0 Å². The zero-order chi connectivity index (χ0) is 13.8. The maximum Gasteiger partial charge on any atom is 0.337 e. The molecule has 6 heteroatoms. The minimum absolute atomic E-state index is 0.0582. The van der Waals surface area contributed by atoms with E-state index in [-0.39, 0.29) is 11.3 Å². The van der Waals surface area contributed by atoms with Gasteiger partial charge in [-0.15, -0.1) is 0 Å². The summed E-state index contributed by atoms with van der Waals surface area (Å²) in [5, 5.41) is 9.06. The van der Waals surface area contributed by atoms with Crippen molar-refractivity contribution in [1.82, 2.24) is 4.98 Å². The fourth-order valence-corrected chi connectivity index (χ4v) is 1.83. The Morgan fingerprint density at radius 1 is 1.53 bits per heavy atom. The van der Waals surface area contributed by atoms with E-state index in [1.807, 2.05) is 17.9 Å². The number of carboxylic acids is 1. The molecule has 0 unspecified atom stereocenters. The Hall–Kier alpha value is -2.50. The second-order valence-corrected chi connectivity index (χ2v) is 3.99. The van der Waals surface area contributed by atoms with E-state index in [2.05, 4.69) is 4.98 Å². The molecule has 3 N–H and O–H groups in total. The zero-order valence-corrected chi connectivity index (χ0v) is 10.5. The lowest BCUT2D eigenvalue weighted by atomic mass is 10.2. The van der Waals surface area contributed by atoms with Gasteiger partial charge in [0.15, 0.2) is 5.82 Å². The molecule has 2 heterocycles. The highest BCUT2D eigenvalue weighted by Crippen LogP contribution is 2.25. The topological polar surface area (TPSA) is 92.6 Å². The molecule has 19 heavy (non-hydrogen) atoms. The Morgan fingerprint density at radius 3 is 2.89 bits per heavy atom. The number of rotatable bonds is 5. The number of carbonyl (C=O) groups is 1. The number of furan rings is 1. The number of aromatic carboxylic acids is 1. The molecule has 2 aromatic heterocycles. The summed E-state index contributed by atoms with van der Waals surface area (Å²) < 4.78 is 5.28. The van der Waals surface area contributed by atoms with Gasteiger partial charge in [0.25, 0.3) is 0 Å². The number of carboxylic acid groups (broad SMARTS) is 1. The van der Waals surface area contributed by atoms with Gasteiger partial charge in [-0.25, -0.2) is 9.78 Å². The van der Waals surface area contributed by atoms with E-state index in [4.69, 9.17) is 15.3 Å². The van der Waals surface area contributed by atoms with Crippen molar-refractivity contribution in [2.75, 3.05) is 17.2 Å². The number of anilines is 2. The minimum atomic E-state index is -1.06. The molecule has 0 aliphatic heterocycles. The van der Waals surface area contributed by atoms with Crippen LogP contribution < -0.4 is 10.6 Å². The van der Waals surface area contributed by atoms with E-state index in [0.717, 1.165) is 5.76 Å². The van der Waals surface area contributed by atoms with Crippen LogP contribution in [-0.2, 0) is 6.54 Å². The van der Waals surface area contributed by atoms with Crippen molar-refractivity contribution < 1.29 is 14.3 Å². The van der Waals surface area contributed by atoms with E-state index >= 15 is 0 Å². The van der Waals surface area contributed by atoms with Gasteiger partial charge in [-0.2, -0.15) is 0 Å². The van der Waals surface area contributed by atoms with Gasteiger partial charge in [0, 0.05) is 12.7 Å². The van der Waals surface area contributed by atoms with Gasteiger partial charge in [0.1, 0.15) is 5.76 Å². The Morgan fingerprint density at radius 2 is 2.32 bits per heavy atom. The summed E-state index contributed by atoms with van der Waals surface area (Å²) in [6.45, 7) is 3.07. The molecule has 0 aliphatic rings. The van der Waals surface area contributed by atoms with Crippen LogP contribution in [-0.4, -0.2) is 22.6 Å². The molecule has 0 saturated heterocycles. The molecule has 0 saturated carbocycles. The van der Waals surface area contributed by atoms with Gasteiger partial charge in [0.05, 0.1) is 24.1 Å². The molecule has 0 radical (unpaired) electrons. The van der Waals surface area contributed by atoms with Gasteiger partial charge in [-0.1, -0.05) is 0 Å². The second kappa shape index (κ2) is 5.43. The highest BCUT2D eigenvalue weighted by molar-refractivity contribution is 5.96. The lowest BCUT2D eigenvalue weighted by molar-refractivity contribution is 0.0698. The first-order valence-corrected chi connectivity index (χ1v) is 5.88. The molecule has 0 fully saturated rings. The standard InChI is InChI=1S/C13H15N3O3/c1-2-16(8-9-4-3-7-19-9)12-11(14)10(13(17)18)5-6-15-12/h3-7H,2,8,14H2,1H3,(H,17,18). The van der Waals surface area contributed by atoms with Crippen LogP contribution in [0.4, 0.5) is 11.5 Å². The van der Waals surface area contributed by atoms with Crippen molar-refractivity contribution in [3.63, 3.8) is 0 Å². The molecule has 0 atom stereocenters. The maximum absolute atomic E-state index is 11.1. The van der Waals surface area contributed by atoms with E-state index in [0.29, 0.717) is 18.9 Å². The Bertz CT molecular complexity index is 567. The van der Waals surface area contributed by atoms with Crippen molar-refractivity contribution in [3.8, 4) is 0 Å². The molecule has 0 bridgehead atoms. The third-order valence-electron chi connectivity index (χ3n) is 2.81. The van der Waals surface area contributed by atoms with Gasteiger partial charge >= 0.3 is 5.97 Å². The summed E-state index contributed by atoms with van der Waals surface area (Å²) in [7, 11) is 0. The van der Waals surface area contributed by atoms with Crippen molar-refractivity contribution in [3.05, 3.63) is 42.0 Å². The molecule has 0 spiro atoms. The number of pyridine rings is 1. The first kappa shape index (κ1) is 12.9. The summed E-state index contributed by atoms with van der Waals surface area (Å²) >= 11 is 0. The normalized spacial score (nSPS) is 10.4. The van der Waals surface area contributed by atoms with E-state index in [1.165, 1.54) is 12.3 Å². The first-order valence-electron chi connectivity index (χ1n) is 5.88. The van der Waals surface area contributed by atoms with Crippen LogP contribution in [0.3, 0.4) is 0 Å². The van der Waals surface area contributed by atoms with Crippen molar-refractivity contribution >= 4 is 17.5 Å². The fraction of sp³-hybridized carbons (Fsp3) is 0.231. The number of hydrogen-bond donors (Lipinski definition) is 2. The second-order valence-electron chi connectivity index (χ2n) is 3.99. The summed E-state index contributed by atoms with van der Waals surface area (Å²) in [6, 6.07) is 5.04. The number of nitrogen functional groups attached to an aromatic ring is 1. The monoisotopic (exact) mass is 261 g/mol. The van der Waals surface area contributed by atoms with Crippen molar-refractivity contribution in [2.24, 2.45) is 0 Å². The number of nitrogens with zero attached hydrogens (tertiary/aromatic N) is 2. The summed E-state index contributed by atoms with van der Waals surface area (Å²) in [6.07, 6.45) is 3.04. The Labute approximate surface area is 110 Å². The van der Waals surface area contributed by atoms with Crippen LogP contribution in [0.25, 0.3) is 0 Å². The summed E-state index contributed by atoms with van der Waals surface area (Å²) in [4.78, 5) is 17.1. The fourth-order valence-electron chi connectivity index (χ4n) is 1.83. The van der Waals surface area contributed by atoms with E-state index in [1.54, 1.807) is 12.3 Å². The summed E-state index contributed by atoms with van der Waals surface area (Å²) in [5.41, 5.74) is 6.10. The van der Waals surface area contributed by atoms with Gasteiger partial charge in [-0.05, 0) is 25.1 Å². The molecular weight excluding hydrogens is 246 g/mol. The SMILES string of the molecule is CCN(Cc1ccco1)c1nccc(C(=O)O)c1N. The molecular formula is C13H15N3O3. The van der Waals surface area contributed by atoms with Crippen LogP contribution in [0.15, 0.2) is 35.1 Å². The van der Waals surface area contributed by atoms with Gasteiger partial charge in [0.2, 0.25) is 0 Å². The van der Waals surface area contributed by atoms with Crippen molar-refractivity contribution in [1.29, 1.82) is 0 Å². The number of nitrogens with two attached hydrogens (primary N) is 1. The molecule has 2 rings (SSSR count). The Kier molecular flexibility index (Phi) is 3.70. The molecule has 2 aromatic rings. The van der Waals surface area contributed by atoms with Crippen LogP contribution in [0.1, 0.15) is 23.0 Å². The third-order valence-corrected chi connectivity index (χ3v) is 2.81. The molecule has 100 valence electrons. The van der Waals surface area contributed by atoms with Gasteiger partial charge in [-0.3, -0.25) is 0 Å². The van der Waals surface area contributed by atoms with E-state index < -0.39 is 5.97 Å². The smallest absolute Gasteiger partial charge is 0.337 e. The number of hydrogen-bond acceptors (Lipinski definition) is 5. The van der Waals surface area contributed by atoms with Crippen LogP contribution >= 0.6 is 0 Å². The highest BCUT2D eigenvalue weighted by atomic mass is 16.4. The highest BCUT2D eigenvalue weighted by Gasteiger charge is 2.17. The predicted molar refractivity (Wildman–Crippen MR) is 71.0 cm³/mol. The molecule has 0 aromatic carbocycles. The quantitative estimate of drug-likeness (QED) is 0.854. The average molecular weight is 261 g/mol. The van der Waals surface area contributed by atoms with Gasteiger partial charge < -0.3 is 20.2 Å². The van der Waals surface area contributed by atoms with E-state index in [9.17, 15) is 4.79 Å². The third kappa shape index (κ3) is 2.67. The molecule has 6 nitrogen and oxygen atoms in total. The maximum atomic E-state index is 11.1. The van der Waals surface area contributed by atoms with Crippen molar-refractivity contribution in [2.45, 2.75) is 13.5 Å². The number of aromatic nitrogens is 1. The largest absolute Gasteiger partial charge is 0.478 e. The zero-order valence-electron chi connectivity index (χ0n) is 10.5. The predicted octanol–water partition coefficient (Wildman–Crippen LogP) is 1.98. The lowest BCUT2D eigenvalue weighted by Gasteiger charge is -2.22. The summed E-state index contributed by atoms with van der Waals surface area (Å²) in [5.74, 6) is 0.165. The molecule has 0 aliphatic carbocycles. The lowest BCUT2D eigenvalue weighted by Crippen LogP contribution is -2.24. The average Bonchev–Trinajstić information content (AvgIpc) is 2.89. The minimum Gasteiger partial charge on any atom is -0.478 e. The first-order chi connectivity index (χ1) is 9.13. The van der Waals surface area contributed by atoms with Crippen LogP contribution in [0.5, 0.6) is 0 Å². The Balaban J connectivity index is 2.33.